The third-order valence-electron chi connectivity index (χ3n) is 3.15. The quantitative estimate of drug-likeness (QED) is 0.686. The number of hydrogen-bond donors (Lipinski definition) is 1. The van der Waals surface area contributed by atoms with E-state index in [4.69, 9.17) is 11.6 Å². The molecule has 0 spiro atoms. The minimum Gasteiger partial charge on any atom is -0.316 e. The molecular weight excluding hydrogens is 373 g/mol. The Bertz CT molecular complexity index is 591. The summed E-state index contributed by atoms with van der Waals surface area (Å²) in [6.45, 7) is 0. The zero-order valence-corrected chi connectivity index (χ0v) is 14.7. The SMILES string of the molecule is CNC(CSc1ccc(Br)cc1)Cc1ccc(F)cc1Cl. The van der Waals surface area contributed by atoms with E-state index in [9.17, 15) is 4.39 Å². The Morgan fingerprint density at radius 1 is 1.24 bits per heavy atom. The monoisotopic (exact) mass is 387 g/mol. The molecule has 2 aromatic carbocycles. The zero-order valence-electron chi connectivity index (χ0n) is 11.6. The Hall–Kier alpha value is -0.550. The number of benzene rings is 2. The van der Waals surface area contributed by atoms with Gasteiger partial charge in [0.25, 0.3) is 0 Å². The van der Waals surface area contributed by atoms with Gasteiger partial charge in [0.1, 0.15) is 5.82 Å². The lowest BCUT2D eigenvalue weighted by atomic mass is 10.1. The van der Waals surface area contributed by atoms with Crippen molar-refractivity contribution in [3.63, 3.8) is 0 Å². The van der Waals surface area contributed by atoms with Gasteiger partial charge < -0.3 is 5.32 Å². The van der Waals surface area contributed by atoms with Crippen LogP contribution in [0.3, 0.4) is 0 Å². The summed E-state index contributed by atoms with van der Waals surface area (Å²) in [7, 11) is 1.93. The molecule has 0 saturated heterocycles. The van der Waals surface area contributed by atoms with Crippen molar-refractivity contribution in [2.45, 2.75) is 17.4 Å². The molecule has 0 bridgehead atoms. The van der Waals surface area contributed by atoms with E-state index in [2.05, 4.69) is 33.4 Å². The molecule has 0 heterocycles. The van der Waals surface area contributed by atoms with Crippen molar-refractivity contribution in [3.05, 3.63) is 63.3 Å². The summed E-state index contributed by atoms with van der Waals surface area (Å²) in [5, 5.41) is 3.78. The van der Waals surface area contributed by atoms with E-state index in [0.717, 1.165) is 22.2 Å². The Labute approximate surface area is 142 Å². The van der Waals surface area contributed by atoms with Crippen molar-refractivity contribution in [2.24, 2.45) is 0 Å². The van der Waals surface area contributed by atoms with Crippen LogP contribution in [-0.2, 0) is 6.42 Å². The van der Waals surface area contributed by atoms with E-state index < -0.39 is 0 Å². The first-order valence-electron chi connectivity index (χ1n) is 6.58. The molecule has 0 radical (unpaired) electrons. The van der Waals surface area contributed by atoms with Gasteiger partial charge >= 0.3 is 0 Å². The number of halogens is 3. The van der Waals surface area contributed by atoms with Gasteiger partial charge in [-0.3, -0.25) is 0 Å². The van der Waals surface area contributed by atoms with Crippen LogP contribution >= 0.6 is 39.3 Å². The molecular formula is C16H16BrClFNS. The van der Waals surface area contributed by atoms with Gasteiger partial charge in [0, 0.05) is 26.2 Å². The Morgan fingerprint density at radius 3 is 2.57 bits per heavy atom. The first-order chi connectivity index (χ1) is 10.1. The topological polar surface area (TPSA) is 12.0 Å². The van der Waals surface area contributed by atoms with Gasteiger partial charge in [-0.15, -0.1) is 11.8 Å². The predicted molar refractivity (Wildman–Crippen MR) is 92.8 cm³/mol. The highest BCUT2D eigenvalue weighted by Gasteiger charge is 2.11. The fraction of sp³-hybridized carbons (Fsp3) is 0.250. The standard InChI is InChI=1S/C16H16BrClFNS/c1-20-14(8-11-2-5-13(19)9-16(11)18)10-21-15-6-3-12(17)4-7-15/h2-7,9,14,20H,8,10H2,1H3. The maximum atomic E-state index is 13.1. The number of rotatable bonds is 6. The summed E-state index contributed by atoms with van der Waals surface area (Å²) >= 11 is 11.3. The minimum atomic E-state index is -0.297. The smallest absolute Gasteiger partial charge is 0.124 e. The van der Waals surface area contributed by atoms with Crippen LogP contribution in [0.1, 0.15) is 5.56 Å². The second kappa shape index (κ2) is 8.18. The molecule has 0 amide bonds. The number of nitrogens with one attached hydrogen (secondary N) is 1. The fourth-order valence-corrected chi connectivity index (χ4v) is 3.44. The van der Waals surface area contributed by atoms with Gasteiger partial charge in [-0.1, -0.05) is 33.6 Å². The van der Waals surface area contributed by atoms with E-state index >= 15 is 0 Å². The van der Waals surface area contributed by atoms with Crippen molar-refractivity contribution in [1.82, 2.24) is 5.32 Å². The molecule has 0 aliphatic carbocycles. The maximum absolute atomic E-state index is 13.1. The van der Waals surface area contributed by atoms with Gasteiger partial charge in [0.2, 0.25) is 0 Å². The van der Waals surface area contributed by atoms with Crippen LogP contribution in [-0.4, -0.2) is 18.8 Å². The van der Waals surface area contributed by atoms with Gasteiger partial charge in [-0.25, -0.2) is 4.39 Å². The third kappa shape index (κ3) is 5.29. The number of hydrogen-bond acceptors (Lipinski definition) is 2. The first kappa shape index (κ1) is 16.8. The molecule has 1 unspecified atom stereocenters. The number of thioether (sulfide) groups is 1. The molecule has 112 valence electrons. The summed E-state index contributed by atoms with van der Waals surface area (Å²) in [6.07, 6.45) is 0.777. The largest absolute Gasteiger partial charge is 0.316 e. The van der Waals surface area contributed by atoms with Crippen molar-refractivity contribution in [2.75, 3.05) is 12.8 Å². The highest BCUT2D eigenvalue weighted by molar-refractivity contribution is 9.10. The first-order valence-corrected chi connectivity index (χ1v) is 8.73. The second-order valence-corrected chi connectivity index (χ2v) is 7.11. The van der Waals surface area contributed by atoms with Crippen molar-refractivity contribution in [1.29, 1.82) is 0 Å². The predicted octanol–water partition coefficient (Wildman–Crippen LogP) is 5.16. The van der Waals surface area contributed by atoms with Crippen molar-refractivity contribution in [3.8, 4) is 0 Å². The second-order valence-electron chi connectivity index (χ2n) is 4.69. The van der Waals surface area contributed by atoms with E-state index in [1.807, 2.05) is 19.2 Å². The molecule has 0 aromatic heterocycles. The molecule has 2 rings (SSSR count). The Kier molecular flexibility index (Phi) is 6.55. The van der Waals surface area contributed by atoms with E-state index in [1.54, 1.807) is 17.8 Å². The summed E-state index contributed by atoms with van der Waals surface area (Å²) in [5.74, 6) is 0.625. The Morgan fingerprint density at radius 2 is 1.95 bits per heavy atom. The minimum absolute atomic E-state index is 0.279. The lowest BCUT2D eigenvalue weighted by Crippen LogP contribution is -2.30. The van der Waals surface area contributed by atoms with E-state index in [-0.39, 0.29) is 11.9 Å². The third-order valence-corrected chi connectivity index (χ3v) is 5.21. The average Bonchev–Trinajstić information content (AvgIpc) is 2.47. The molecule has 0 aliphatic rings. The molecule has 0 saturated carbocycles. The molecule has 5 heteroatoms. The van der Waals surface area contributed by atoms with Crippen molar-refractivity contribution < 1.29 is 4.39 Å². The molecule has 21 heavy (non-hydrogen) atoms. The zero-order chi connectivity index (χ0) is 15.2. The summed E-state index contributed by atoms with van der Waals surface area (Å²) in [5.41, 5.74) is 0.967. The normalized spacial score (nSPS) is 12.4. The van der Waals surface area contributed by atoms with Crippen LogP contribution in [0.25, 0.3) is 0 Å². The average molecular weight is 389 g/mol. The van der Waals surface area contributed by atoms with Gasteiger partial charge in [0.15, 0.2) is 0 Å². The highest BCUT2D eigenvalue weighted by atomic mass is 79.9. The maximum Gasteiger partial charge on any atom is 0.124 e. The molecule has 1 nitrogen and oxygen atoms in total. The lowest BCUT2D eigenvalue weighted by Gasteiger charge is -2.16. The van der Waals surface area contributed by atoms with Crippen LogP contribution < -0.4 is 5.32 Å². The van der Waals surface area contributed by atoms with Crippen LogP contribution in [0.15, 0.2) is 51.8 Å². The van der Waals surface area contributed by atoms with Gasteiger partial charge in [0.05, 0.1) is 0 Å². The molecule has 1 N–H and O–H groups in total. The summed E-state index contributed by atoms with van der Waals surface area (Å²) < 4.78 is 14.1. The van der Waals surface area contributed by atoms with Gasteiger partial charge in [-0.05, 0) is 55.4 Å². The highest BCUT2D eigenvalue weighted by Crippen LogP contribution is 2.24. The van der Waals surface area contributed by atoms with Gasteiger partial charge in [-0.2, -0.15) is 0 Å². The molecule has 0 fully saturated rings. The lowest BCUT2D eigenvalue weighted by molar-refractivity contribution is 0.610. The molecule has 1 atom stereocenters. The van der Waals surface area contributed by atoms with Crippen molar-refractivity contribution >= 4 is 39.3 Å². The summed E-state index contributed by atoms with van der Waals surface area (Å²) in [4.78, 5) is 1.23. The summed E-state index contributed by atoms with van der Waals surface area (Å²) in [6, 6.07) is 13.1. The van der Waals surface area contributed by atoms with E-state index in [1.165, 1.54) is 17.0 Å². The van der Waals surface area contributed by atoms with Crippen LogP contribution in [0.5, 0.6) is 0 Å². The van der Waals surface area contributed by atoms with Crippen LogP contribution in [0, 0.1) is 5.82 Å². The fourth-order valence-electron chi connectivity index (χ4n) is 1.92. The van der Waals surface area contributed by atoms with Crippen LogP contribution in [0.2, 0.25) is 5.02 Å². The molecule has 0 aliphatic heterocycles. The Balaban J connectivity index is 1.95. The molecule has 2 aromatic rings. The van der Waals surface area contributed by atoms with E-state index in [0.29, 0.717) is 5.02 Å². The van der Waals surface area contributed by atoms with Crippen LogP contribution in [0.4, 0.5) is 4.39 Å². The number of likely N-dealkylation sites (N-methyl/N-ethyl adjacent to an activating group) is 1.